The molecular weight excluding hydrogens is 436 g/mol. The number of aryl methyl sites for hydroxylation is 1. The molecule has 1 N–H and O–H groups in total. The van der Waals surface area contributed by atoms with Crippen LogP contribution in [0.5, 0.6) is 5.75 Å². The summed E-state index contributed by atoms with van der Waals surface area (Å²) in [5.74, 6) is 0.917. The highest BCUT2D eigenvalue weighted by Gasteiger charge is 2.33. The molecule has 1 aliphatic heterocycles. The molecule has 2 unspecified atom stereocenters. The Morgan fingerprint density at radius 1 is 1.39 bits per heavy atom. The lowest BCUT2D eigenvalue weighted by molar-refractivity contribution is -0.136. The predicted octanol–water partition coefficient (Wildman–Crippen LogP) is 3.84. The summed E-state index contributed by atoms with van der Waals surface area (Å²) >= 11 is 1.75. The van der Waals surface area contributed by atoms with Gasteiger partial charge in [0.1, 0.15) is 12.4 Å². The molecule has 3 rings (SSSR count). The smallest absolute Gasteiger partial charge is 0.237 e. The monoisotopic (exact) mass is 472 g/mol. The molecular formula is C26H36N2O4S. The third-order valence-corrected chi connectivity index (χ3v) is 6.82. The van der Waals surface area contributed by atoms with Gasteiger partial charge in [-0.3, -0.25) is 9.69 Å². The second-order valence-corrected chi connectivity index (χ2v) is 9.44. The van der Waals surface area contributed by atoms with E-state index in [0.29, 0.717) is 26.3 Å². The van der Waals surface area contributed by atoms with Gasteiger partial charge in [0.25, 0.3) is 0 Å². The molecule has 2 aromatic rings. The Bertz CT molecular complexity index is 900. The van der Waals surface area contributed by atoms with Gasteiger partial charge in [0.05, 0.1) is 31.9 Å². The fraction of sp³-hybridized carbons (Fsp3) is 0.500. The highest BCUT2D eigenvalue weighted by Crippen LogP contribution is 2.34. The first kappa shape index (κ1) is 25.4. The predicted molar refractivity (Wildman–Crippen MR) is 133 cm³/mol. The molecule has 1 aliphatic rings. The lowest BCUT2D eigenvalue weighted by Crippen LogP contribution is -2.48. The molecule has 6 nitrogen and oxygen atoms in total. The molecule has 0 saturated heterocycles. The molecule has 33 heavy (non-hydrogen) atoms. The Hall–Kier alpha value is -2.19. The first-order chi connectivity index (χ1) is 16.0. The Kier molecular flexibility index (Phi) is 9.94. The third kappa shape index (κ3) is 7.14. The molecule has 0 spiro atoms. The van der Waals surface area contributed by atoms with E-state index in [1.54, 1.807) is 17.4 Å². The van der Waals surface area contributed by atoms with Crippen LogP contribution in [0.4, 0.5) is 0 Å². The zero-order valence-corrected chi connectivity index (χ0v) is 20.6. The third-order valence-electron chi connectivity index (χ3n) is 5.82. The maximum Gasteiger partial charge on any atom is 0.237 e. The van der Waals surface area contributed by atoms with Crippen molar-refractivity contribution in [2.75, 3.05) is 46.0 Å². The van der Waals surface area contributed by atoms with Crippen molar-refractivity contribution in [2.45, 2.75) is 38.8 Å². The summed E-state index contributed by atoms with van der Waals surface area (Å²) in [4.78, 5) is 18.8. The van der Waals surface area contributed by atoms with Gasteiger partial charge in [0.2, 0.25) is 5.91 Å². The molecule has 1 aromatic carbocycles. The van der Waals surface area contributed by atoms with Crippen LogP contribution < -0.4 is 4.74 Å². The van der Waals surface area contributed by atoms with Crippen molar-refractivity contribution in [1.29, 1.82) is 0 Å². The van der Waals surface area contributed by atoms with Gasteiger partial charge in [0.15, 0.2) is 0 Å². The number of benzene rings is 1. The van der Waals surface area contributed by atoms with Gasteiger partial charge in [-0.2, -0.15) is 0 Å². The standard InChI is InChI=1S/C26H36N2O4S/c1-4-12-27(16-21(29)18-31-14-5-2)17-26(30)28-13-10-25-22(11-15-33-25)23(28)19-32-24-9-7-6-8-20(24)3/h5-9,11,15,21,23,29H,2,4,10,12-14,16-19H2,1,3H3. The molecule has 0 bridgehead atoms. The Morgan fingerprint density at radius 2 is 2.21 bits per heavy atom. The number of hydrogen-bond donors (Lipinski definition) is 1. The zero-order chi connectivity index (χ0) is 23.6. The van der Waals surface area contributed by atoms with Crippen molar-refractivity contribution in [2.24, 2.45) is 0 Å². The van der Waals surface area contributed by atoms with E-state index < -0.39 is 6.10 Å². The number of ether oxygens (including phenoxy) is 2. The summed E-state index contributed by atoms with van der Waals surface area (Å²) < 4.78 is 11.6. The van der Waals surface area contributed by atoms with E-state index in [0.717, 1.165) is 30.7 Å². The Morgan fingerprint density at radius 3 is 2.97 bits per heavy atom. The minimum absolute atomic E-state index is 0.0675. The zero-order valence-electron chi connectivity index (χ0n) is 19.7. The lowest BCUT2D eigenvalue weighted by atomic mass is 10.00. The maximum atomic E-state index is 13.5. The molecule has 0 radical (unpaired) electrons. The van der Waals surface area contributed by atoms with Crippen LogP contribution in [0.25, 0.3) is 0 Å². The van der Waals surface area contributed by atoms with E-state index >= 15 is 0 Å². The Labute approximate surface area is 201 Å². The van der Waals surface area contributed by atoms with Gasteiger partial charge in [-0.1, -0.05) is 31.2 Å². The number of hydrogen-bond acceptors (Lipinski definition) is 6. The number of carbonyl (C=O) groups is 1. The molecule has 0 aliphatic carbocycles. The topological polar surface area (TPSA) is 62.2 Å². The van der Waals surface area contributed by atoms with Crippen LogP contribution in [-0.2, 0) is 16.0 Å². The van der Waals surface area contributed by atoms with Gasteiger partial charge in [0, 0.05) is 18.0 Å². The number of amides is 1. The molecule has 0 saturated carbocycles. The van der Waals surface area contributed by atoms with E-state index in [4.69, 9.17) is 9.47 Å². The van der Waals surface area contributed by atoms with Crippen molar-refractivity contribution in [3.63, 3.8) is 0 Å². The molecule has 1 aromatic heterocycles. The van der Waals surface area contributed by atoms with Crippen molar-refractivity contribution in [3.05, 3.63) is 64.4 Å². The lowest BCUT2D eigenvalue weighted by Gasteiger charge is -2.37. The SMILES string of the molecule is C=CCOCC(O)CN(CCC)CC(=O)N1CCc2sccc2C1COc1ccccc1C. The van der Waals surface area contributed by atoms with Gasteiger partial charge >= 0.3 is 0 Å². The normalized spacial score (nSPS) is 16.5. The highest BCUT2D eigenvalue weighted by atomic mass is 32.1. The van der Waals surface area contributed by atoms with Crippen molar-refractivity contribution < 1.29 is 19.4 Å². The van der Waals surface area contributed by atoms with Crippen LogP contribution in [0.2, 0.25) is 0 Å². The second-order valence-electron chi connectivity index (χ2n) is 8.44. The first-order valence-electron chi connectivity index (χ1n) is 11.7. The van der Waals surface area contributed by atoms with E-state index in [1.807, 2.05) is 41.0 Å². The average Bonchev–Trinajstić information content (AvgIpc) is 3.28. The number of carbonyl (C=O) groups excluding carboxylic acids is 1. The highest BCUT2D eigenvalue weighted by molar-refractivity contribution is 7.10. The first-order valence-corrected chi connectivity index (χ1v) is 12.5. The quantitative estimate of drug-likeness (QED) is 0.355. The van der Waals surface area contributed by atoms with E-state index in [9.17, 15) is 9.90 Å². The minimum atomic E-state index is -0.644. The fourth-order valence-corrected chi connectivity index (χ4v) is 5.16. The van der Waals surface area contributed by atoms with Gasteiger partial charge < -0.3 is 19.5 Å². The van der Waals surface area contributed by atoms with E-state index in [1.165, 1.54) is 10.4 Å². The largest absolute Gasteiger partial charge is 0.491 e. The van der Waals surface area contributed by atoms with Gasteiger partial charge in [-0.25, -0.2) is 0 Å². The summed E-state index contributed by atoms with van der Waals surface area (Å²) in [6.45, 7) is 10.9. The summed E-state index contributed by atoms with van der Waals surface area (Å²) in [6.07, 6.45) is 2.79. The molecule has 2 heterocycles. The number of para-hydroxylation sites is 1. The van der Waals surface area contributed by atoms with Crippen LogP contribution in [-0.4, -0.2) is 72.9 Å². The van der Waals surface area contributed by atoms with Crippen LogP contribution in [0.3, 0.4) is 0 Å². The summed E-state index contributed by atoms with van der Waals surface area (Å²) in [5.41, 5.74) is 2.27. The van der Waals surface area contributed by atoms with Crippen LogP contribution in [0.1, 0.15) is 35.4 Å². The molecule has 7 heteroatoms. The summed E-state index contributed by atoms with van der Waals surface area (Å²) in [5, 5.41) is 12.4. The molecule has 1 amide bonds. The number of rotatable bonds is 13. The minimum Gasteiger partial charge on any atom is -0.491 e. The number of thiophene rings is 1. The van der Waals surface area contributed by atoms with Crippen molar-refractivity contribution in [1.82, 2.24) is 9.80 Å². The maximum absolute atomic E-state index is 13.5. The summed E-state index contributed by atoms with van der Waals surface area (Å²) in [6, 6.07) is 9.97. The second kappa shape index (κ2) is 12.9. The van der Waals surface area contributed by atoms with Crippen LogP contribution >= 0.6 is 11.3 Å². The average molecular weight is 473 g/mol. The Balaban J connectivity index is 1.68. The number of fused-ring (bicyclic) bond motifs is 1. The summed E-state index contributed by atoms with van der Waals surface area (Å²) in [7, 11) is 0. The number of nitrogens with zero attached hydrogens (tertiary/aromatic N) is 2. The van der Waals surface area contributed by atoms with E-state index in [2.05, 4.69) is 24.9 Å². The van der Waals surface area contributed by atoms with Crippen molar-refractivity contribution in [3.8, 4) is 5.75 Å². The number of aliphatic hydroxyl groups excluding tert-OH is 1. The fourth-order valence-electron chi connectivity index (χ4n) is 4.23. The molecule has 180 valence electrons. The van der Waals surface area contributed by atoms with Gasteiger partial charge in [-0.05, 0) is 54.9 Å². The van der Waals surface area contributed by atoms with E-state index in [-0.39, 0.29) is 25.1 Å². The van der Waals surface area contributed by atoms with Gasteiger partial charge in [-0.15, -0.1) is 17.9 Å². The molecule has 0 fully saturated rings. The van der Waals surface area contributed by atoms with Crippen molar-refractivity contribution >= 4 is 17.2 Å². The number of aliphatic hydroxyl groups is 1. The van der Waals surface area contributed by atoms with Crippen LogP contribution in [0.15, 0.2) is 48.4 Å². The molecule has 2 atom stereocenters. The van der Waals surface area contributed by atoms with Crippen LogP contribution in [0, 0.1) is 6.92 Å².